The predicted molar refractivity (Wildman–Crippen MR) is 169 cm³/mol. The number of hydrogen-bond donors (Lipinski definition) is 0. The molecule has 0 N–H and O–H groups in total. The van der Waals surface area contributed by atoms with Crippen LogP contribution in [0.25, 0.3) is 21.8 Å². The van der Waals surface area contributed by atoms with Gasteiger partial charge in [-0.15, -0.1) is 0 Å². The highest BCUT2D eigenvalue weighted by atomic mass is 79.9. The minimum absolute atomic E-state index is 0.158. The van der Waals surface area contributed by atoms with Crippen molar-refractivity contribution < 1.29 is 9.47 Å². The summed E-state index contributed by atoms with van der Waals surface area (Å²) in [5.74, 6) is 0.879. The molecule has 0 bridgehead atoms. The fourth-order valence-corrected chi connectivity index (χ4v) is 6.25. The van der Waals surface area contributed by atoms with Crippen molar-refractivity contribution in [2.24, 2.45) is 0 Å². The number of nitrogens with zero attached hydrogens (tertiary/aromatic N) is 2. The van der Waals surface area contributed by atoms with Crippen molar-refractivity contribution in [3.63, 3.8) is 0 Å². The molecule has 4 nitrogen and oxygen atoms in total. The van der Waals surface area contributed by atoms with E-state index in [1.807, 2.05) is 36.4 Å². The van der Waals surface area contributed by atoms with Gasteiger partial charge in [-0.1, -0.05) is 92.5 Å². The van der Waals surface area contributed by atoms with Crippen molar-refractivity contribution in [1.82, 2.24) is 9.97 Å². The van der Waals surface area contributed by atoms with Gasteiger partial charge < -0.3 is 9.47 Å². The Kier molecular flexibility index (Phi) is 7.55. The van der Waals surface area contributed by atoms with Crippen LogP contribution in [0.2, 0.25) is 0 Å². The minimum Gasteiger partial charge on any atom is -0.481 e. The minimum atomic E-state index is -0.158. The van der Waals surface area contributed by atoms with Gasteiger partial charge in [0, 0.05) is 42.7 Å². The lowest BCUT2D eigenvalue weighted by Gasteiger charge is -2.31. The second kappa shape index (κ2) is 11.4. The number of ether oxygens (including phenoxy) is 2. The SMILES string of the molecule is COc1nc2ccc(Br)cc2cc1C(c1ccccc1)C(c1ccccc1)c1cc2cc(Br)ccc2nc1OC. The second-order valence-corrected chi connectivity index (χ2v) is 11.5. The zero-order chi connectivity index (χ0) is 27.6. The molecule has 2 atom stereocenters. The lowest BCUT2D eigenvalue weighted by molar-refractivity contribution is 0.384. The third-order valence-electron chi connectivity index (χ3n) is 7.25. The van der Waals surface area contributed by atoms with E-state index in [9.17, 15) is 0 Å². The van der Waals surface area contributed by atoms with Crippen LogP contribution in [0.15, 0.2) is 118 Å². The largest absolute Gasteiger partial charge is 0.481 e. The Morgan fingerprint density at radius 2 is 0.925 bits per heavy atom. The van der Waals surface area contributed by atoms with Gasteiger partial charge >= 0.3 is 0 Å². The molecular formula is C34H26Br2N2O2. The van der Waals surface area contributed by atoms with Gasteiger partial charge in [0.25, 0.3) is 0 Å². The molecule has 0 radical (unpaired) electrons. The first kappa shape index (κ1) is 26.5. The number of pyridine rings is 2. The second-order valence-electron chi connectivity index (χ2n) is 9.62. The molecule has 2 unspecified atom stereocenters. The van der Waals surface area contributed by atoms with Gasteiger partial charge in [0.15, 0.2) is 0 Å². The smallest absolute Gasteiger partial charge is 0.217 e. The number of methoxy groups -OCH3 is 2. The third-order valence-corrected chi connectivity index (χ3v) is 8.23. The Labute approximate surface area is 250 Å². The summed E-state index contributed by atoms with van der Waals surface area (Å²) in [5, 5.41) is 2.07. The summed E-state index contributed by atoms with van der Waals surface area (Å²) in [7, 11) is 3.37. The van der Waals surface area contributed by atoms with Crippen LogP contribution >= 0.6 is 31.9 Å². The zero-order valence-electron chi connectivity index (χ0n) is 22.0. The van der Waals surface area contributed by atoms with Crippen molar-refractivity contribution in [3.8, 4) is 11.8 Å². The molecule has 6 aromatic rings. The molecule has 0 saturated carbocycles. The Balaban J connectivity index is 1.70. The number of benzene rings is 4. The first-order valence-electron chi connectivity index (χ1n) is 12.9. The molecule has 0 aliphatic heterocycles. The van der Waals surface area contributed by atoms with E-state index >= 15 is 0 Å². The standard InChI is InChI=1S/C34H26Br2N2O2/c1-39-33-27(19-23-17-25(35)13-15-29(23)37-33)31(21-9-5-3-6-10-21)32(22-11-7-4-8-12-22)28-20-24-18-26(36)14-16-30(24)38-34(28)40-2/h3-20,31-32H,1-2H3. The monoisotopic (exact) mass is 652 g/mol. The third kappa shape index (κ3) is 5.09. The van der Waals surface area contributed by atoms with E-state index in [2.05, 4.69) is 105 Å². The summed E-state index contributed by atoms with van der Waals surface area (Å²) in [4.78, 5) is 9.92. The quantitative estimate of drug-likeness (QED) is 0.172. The van der Waals surface area contributed by atoms with Gasteiger partial charge in [0.05, 0.1) is 25.3 Å². The van der Waals surface area contributed by atoms with Crippen molar-refractivity contribution >= 4 is 53.7 Å². The molecule has 0 amide bonds. The van der Waals surface area contributed by atoms with Crippen molar-refractivity contribution in [3.05, 3.63) is 140 Å². The molecule has 0 aliphatic rings. The van der Waals surface area contributed by atoms with Gasteiger partial charge in [-0.2, -0.15) is 0 Å². The molecule has 6 rings (SSSR count). The highest BCUT2D eigenvalue weighted by Crippen LogP contribution is 2.48. The number of rotatable bonds is 7. The van der Waals surface area contributed by atoms with Crippen LogP contribution < -0.4 is 9.47 Å². The van der Waals surface area contributed by atoms with Crippen LogP contribution in [0.5, 0.6) is 11.8 Å². The van der Waals surface area contributed by atoms with E-state index in [1.54, 1.807) is 14.2 Å². The number of halogens is 2. The van der Waals surface area contributed by atoms with E-state index in [0.29, 0.717) is 11.8 Å². The molecular weight excluding hydrogens is 628 g/mol. The van der Waals surface area contributed by atoms with Gasteiger partial charge in [-0.25, -0.2) is 9.97 Å². The average molecular weight is 654 g/mol. The van der Waals surface area contributed by atoms with Crippen molar-refractivity contribution in [1.29, 1.82) is 0 Å². The Bertz CT molecular complexity index is 1680. The molecule has 0 saturated heterocycles. The van der Waals surface area contributed by atoms with Crippen LogP contribution in [-0.2, 0) is 0 Å². The lowest BCUT2D eigenvalue weighted by Crippen LogP contribution is -2.17. The maximum atomic E-state index is 5.97. The molecule has 2 heterocycles. The van der Waals surface area contributed by atoms with E-state index in [-0.39, 0.29) is 11.8 Å². The lowest BCUT2D eigenvalue weighted by atomic mass is 9.73. The van der Waals surface area contributed by atoms with Crippen LogP contribution in [0, 0.1) is 0 Å². The topological polar surface area (TPSA) is 44.2 Å². The van der Waals surface area contributed by atoms with Crippen LogP contribution in [0.4, 0.5) is 0 Å². The molecule has 4 aromatic carbocycles. The van der Waals surface area contributed by atoms with Gasteiger partial charge in [0.2, 0.25) is 11.8 Å². The predicted octanol–water partition coefficient (Wildman–Crippen LogP) is 9.29. The molecule has 198 valence electrons. The summed E-state index contributed by atoms with van der Waals surface area (Å²) in [6.07, 6.45) is 0. The van der Waals surface area contributed by atoms with Crippen LogP contribution in [-0.4, -0.2) is 24.2 Å². The van der Waals surface area contributed by atoms with Crippen molar-refractivity contribution in [2.45, 2.75) is 11.8 Å². The summed E-state index contributed by atoms with van der Waals surface area (Å²) in [6.45, 7) is 0. The maximum absolute atomic E-state index is 5.97. The molecule has 2 aromatic heterocycles. The summed E-state index contributed by atoms with van der Waals surface area (Å²) >= 11 is 7.27. The number of fused-ring (bicyclic) bond motifs is 2. The maximum Gasteiger partial charge on any atom is 0.217 e. The van der Waals surface area contributed by atoms with Crippen molar-refractivity contribution in [2.75, 3.05) is 14.2 Å². The summed E-state index contributed by atoms with van der Waals surface area (Å²) in [5.41, 5.74) is 6.02. The molecule has 40 heavy (non-hydrogen) atoms. The van der Waals surface area contributed by atoms with E-state index < -0.39 is 0 Å². The Morgan fingerprint density at radius 3 is 1.30 bits per heavy atom. The average Bonchev–Trinajstić information content (AvgIpc) is 2.99. The normalized spacial score (nSPS) is 12.8. The Morgan fingerprint density at radius 1 is 0.525 bits per heavy atom. The van der Waals surface area contributed by atoms with E-state index in [1.165, 1.54) is 0 Å². The fourth-order valence-electron chi connectivity index (χ4n) is 5.49. The van der Waals surface area contributed by atoms with E-state index in [4.69, 9.17) is 19.4 Å². The number of aromatic nitrogens is 2. The zero-order valence-corrected chi connectivity index (χ0v) is 25.2. The highest BCUT2D eigenvalue weighted by Gasteiger charge is 2.34. The van der Waals surface area contributed by atoms with Crippen LogP contribution in [0.1, 0.15) is 34.1 Å². The molecule has 0 spiro atoms. The Hall–Kier alpha value is -3.74. The van der Waals surface area contributed by atoms with Gasteiger partial charge in [0.1, 0.15) is 0 Å². The number of hydrogen-bond acceptors (Lipinski definition) is 4. The fraction of sp³-hybridized carbons (Fsp3) is 0.118. The van der Waals surface area contributed by atoms with Crippen LogP contribution in [0.3, 0.4) is 0 Å². The first-order valence-corrected chi connectivity index (χ1v) is 14.5. The van der Waals surface area contributed by atoms with Gasteiger partial charge in [-0.3, -0.25) is 0 Å². The summed E-state index contributed by atoms with van der Waals surface area (Å²) in [6, 6.07) is 37.7. The molecule has 0 fully saturated rings. The summed E-state index contributed by atoms with van der Waals surface area (Å²) < 4.78 is 13.9. The highest BCUT2D eigenvalue weighted by molar-refractivity contribution is 9.10. The van der Waals surface area contributed by atoms with E-state index in [0.717, 1.165) is 53.0 Å². The first-order chi connectivity index (χ1) is 19.6. The molecule has 6 heteroatoms. The molecule has 0 aliphatic carbocycles. The van der Waals surface area contributed by atoms with Gasteiger partial charge in [-0.05, 0) is 59.7 Å².